The van der Waals surface area contributed by atoms with E-state index >= 15 is 0 Å². The van der Waals surface area contributed by atoms with Crippen molar-refractivity contribution in [2.75, 3.05) is 19.0 Å². The first-order valence-corrected chi connectivity index (χ1v) is 12.1. The summed E-state index contributed by atoms with van der Waals surface area (Å²) in [5, 5.41) is 15.0. The largest absolute Gasteiger partial charge is 0.493 e. The van der Waals surface area contributed by atoms with Crippen LogP contribution in [0.4, 0.5) is 5.95 Å². The molecule has 0 saturated carbocycles. The molecule has 0 radical (unpaired) electrons. The molecular formula is C27H33N5O4. The number of carbonyl (C=O) groups excluding carboxylic acids is 1. The molecule has 9 nitrogen and oxygen atoms in total. The average molecular weight is 492 g/mol. The lowest BCUT2D eigenvalue weighted by molar-refractivity contribution is -0.139. The van der Waals surface area contributed by atoms with Gasteiger partial charge in [0.05, 0.1) is 19.3 Å². The second-order valence-corrected chi connectivity index (χ2v) is 9.80. The van der Waals surface area contributed by atoms with Crippen LogP contribution in [0.25, 0.3) is 0 Å². The van der Waals surface area contributed by atoms with Crippen molar-refractivity contribution in [3.8, 4) is 11.5 Å². The van der Waals surface area contributed by atoms with Crippen molar-refractivity contribution in [2.24, 2.45) is 0 Å². The Morgan fingerprint density at radius 3 is 2.53 bits per heavy atom. The third-order valence-electron chi connectivity index (χ3n) is 6.09. The van der Waals surface area contributed by atoms with E-state index in [1.165, 1.54) is 5.56 Å². The maximum absolute atomic E-state index is 13.0. The van der Waals surface area contributed by atoms with E-state index in [0.29, 0.717) is 41.9 Å². The van der Waals surface area contributed by atoms with E-state index in [2.05, 4.69) is 65.9 Å². The zero-order chi connectivity index (χ0) is 25.9. The Kier molecular flexibility index (Phi) is 7.28. The van der Waals surface area contributed by atoms with Gasteiger partial charge in [0.1, 0.15) is 12.6 Å². The molecule has 4 rings (SSSR count). The Morgan fingerprint density at radius 2 is 1.86 bits per heavy atom. The van der Waals surface area contributed by atoms with Crippen molar-refractivity contribution in [3.63, 3.8) is 0 Å². The molecule has 0 bridgehead atoms. The number of nitrogens with one attached hydrogen (secondary N) is 1. The third-order valence-corrected chi connectivity index (χ3v) is 6.09. The third kappa shape index (κ3) is 5.19. The van der Waals surface area contributed by atoms with Gasteiger partial charge in [-0.1, -0.05) is 63.1 Å². The Bertz CT molecular complexity index is 1260. The van der Waals surface area contributed by atoms with Crippen LogP contribution >= 0.6 is 0 Å². The molecule has 0 saturated heterocycles. The fourth-order valence-electron chi connectivity index (χ4n) is 4.09. The number of rotatable bonds is 8. The van der Waals surface area contributed by atoms with Crippen LogP contribution in [0.3, 0.4) is 0 Å². The zero-order valence-corrected chi connectivity index (χ0v) is 21.7. The lowest BCUT2D eigenvalue weighted by Gasteiger charge is -2.27. The molecule has 3 aromatic rings. The summed E-state index contributed by atoms with van der Waals surface area (Å²) in [6, 6.07) is 13.4. The minimum atomic E-state index is -0.575. The number of anilines is 1. The number of methoxy groups -OCH3 is 1. The fraction of sp³-hybridized carbons (Fsp3) is 0.407. The second-order valence-electron chi connectivity index (χ2n) is 9.80. The molecule has 0 amide bonds. The van der Waals surface area contributed by atoms with Crippen molar-refractivity contribution < 1.29 is 19.0 Å². The Hall–Kier alpha value is -3.88. The standard InChI is InChI=1S/C27H33N5O4/c1-7-14-35-25(33)23-17(2)28-26-29-30-31-32(26)24(23)19-10-13-21(22(15-19)34-6)36-16-18-8-11-20(12-9-18)27(3,4)5/h8-13,15,24H,7,14,16H2,1-6H3,(H,28,29,31). The van der Waals surface area contributed by atoms with Gasteiger partial charge >= 0.3 is 5.97 Å². The highest BCUT2D eigenvalue weighted by Gasteiger charge is 2.35. The highest BCUT2D eigenvalue weighted by molar-refractivity contribution is 5.92. The minimum absolute atomic E-state index is 0.0984. The van der Waals surface area contributed by atoms with Crippen LogP contribution in [0.2, 0.25) is 0 Å². The van der Waals surface area contributed by atoms with E-state index < -0.39 is 12.0 Å². The number of benzene rings is 2. The number of tetrazole rings is 1. The van der Waals surface area contributed by atoms with Crippen LogP contribution in [0.5, 0.6) is 11.5 Å². The number of carbonyl (C=O) groups is 1. The van der Waals surface area contributed by atoms with Gasteiger partial charge in [-0.3, -0.25) is 0 Å². The molecule has 1 atom stereocenters. The van der Waals surface area contributed by atoms with Gasteiger partial charge in [0.25, 0.3) is 0 Å². The first-order valence-electron chi connectivity index (χ1n) is 12.1. The first-order chi connectivity index (χ1) is 17.2. The van der Waals surface area contributed by atoms with Gasteiger partial charge in [0.15, 0.2) is 11.5 Å². The molecule has 9 heteroatoms. The highest BCUT2D eigenvalue weighted by Crippen LogP contribution is 2.39. The van der Waals surface area contributed by atoms with Crippen LogP contribution in [0.15, 0.2) is 53.7 Å². The molecule has 2 heterocycles. The molecule has 0 fully saturated rings. The topological polar surface area (TPSA) is 100 Å². The van der Waals surface area contributed by atoms with Gasteiger partial charge < -0.3 is 19.5 Å². The van der Waals surface area contributed by atoms with Gasteiger partial charge in [0.2, 0.25) is 5.95 Å². The molecule has 190 valence electrons. The molecule has 1 N–H and O–H groups in total. The molecular weight excluding hydrogens is 458 g/mol. The summed E-state index contributed by atoms with van der Waals surface area (Å²) in [4.78, 5) is 13.0. The average Bonchev–Trinajstić information content (AvgIpc) is 3.32. The van der Waals surface area contributed by atoms with Crippen LogP contribution in [0, 0.1) is 0 Å². The molecule has 36 heavy (non-hydrogen) atoms. The SMILES string of the molecule is CCCOC(=O)C1=C(C)Nc2nnnn2C1c1ccc(OCc2ccc(C(C)(C)C)cc2)c(OC)c1. The van der Waals surface area contributed by atoms with Crippen LogP contribution in [-0.4, -0.2) is 39.9 Å². The summed E-state index contributed by atoms with van der Waals surface area (Å²) in [5.41, 5.74) is 4.28. The summed E-state index contributed by atoms with van der Waals surface area (Å²) in [6.45, 7) is 11.1. The van der Waals surface area contributed by atoms with Crippen molar-refractivity contribution in [3.05, 3.63) is 70.4 Å². The summed E-state index contributed by atoms with van der Waals surface area (Å²) < 4.78 is 18.8. The van der Waals surface area contributed by atoms with Crippen molar-refractivity contribution in [1.29, 1.82) is 0 Å². The summed E-state index contributed by atoms with van der Waals surface area (Å²) >= 11 is 0. The van der Waals surface area contributed by atoms with E-state index in [-0.39, 0.29) is 5.41 Å². The fourth-order valence-corrected chi connectivity index (χ4v) is 4.09. The molecule has 2 aromatic carbocycles. The van der Waals surface area contributed by atoms with Crippen LogP contribution < -0.4 is 14.8 Å². The molecule has 1 unspecified atom stereocenters. The number of fused-ring (bicyclic) bond motifs is 1. The normalized spacial score (nSPS) is 15.2. The number of aromatic nitrogens is 4. The number of ether oxygens (including phenoxy) is 3. The Balaban J connectivity index is 1.61. The summed E-state index contributed by atoms with van der Waals surface area (Å²) in [7, 11) is 1.59. The van der Waals surface area contributed by atoms with Gasteiger partial charge in [-0.15, -0.1) is 0 Å². The van der Waals surface area contributed by atoms with Crippen LogP contribution in [0.1, 0.15) is 63.8 Å². The van der Waals surface area contributed by atoms with E-state index in [9.17, 15) is 4.79 Å². The lowest BCUT2D eigenvalue weighted by Crippen LogP contribution is -2.29. The molecule has 1 aliphatic rings. The van der Waals surface area contributed by atoms with Gasteiger partial charge in [-0.2, -0.15) is 4.68 Å². The van der Waals surface area contributed by atoms with Crippen LogP contribution in [-0.2, 0) is 21.6 Å². The van der Waals surface area contributed by atoms with Crippen molar-refractivity contribution in [2.45, 2.75) is 59.1 Å². The van der Waals surface area contributed by atoms with Gasteiger partial charge in [-0.05, 0) is 58.0 Å². The Morgan fingerprint density at radius 1 is 1.11 bits per heavy atom. The van der Waals surface area contributed by atoms with Crippen molar-refractivity contribution >= 4 is 11.9 Å². The summed E-state index contributed by atoms with van der Waals surface area (Å²) in [6.07, 6.45) is 0.727. The number of nitrogens with zero attached hydrogens (tertiary/aromatic N) is 4. The highest BCUT2D eigenvalue weighted by atomic mass is 16.5. The predicted molar refractivity (Wildman–Crippen MR) is 136 cm³/mol. The first kappa shape index (κ1) is 25.2. The minimum Gasteiger partial charge on any atom is -0.493 e. The van der Waals surface area contributed by atoms with E-state index in [4.69, 9.17) is 14.2 Å². The smallest absolute Gasteiger partial charge is 0.338 e. The Labute approximate surface area is 211 Å². The summed E-state index contributed by atoms with van der Waals surface area (Å²) in [5.74, 6) is 1.18. The zero-order valence-electron chi connectivity index (χ0n) is 21.7. The lowest BCUT2D eigenvalue weighted by atomic mass is 9.87. The predicted octanol–water partition coefficient (Wildman–Crippen LogP) is 4.80. The monoisotopic (exact) mass is 491 g/mol. The molecule has 1 aliphatic heterocycles. The number of hydrogen-bond acceptors (Lipinski definition) is 8. The van der Waals surface area contributed by atoms with E-state index in [1.807, 2.05) is 32.0 Å². The quantitative estimate of drug-likeness (QED) is 0.449. The van der Waals surface area contributed by atoms with Crippen molar-refractivity contribution in [1.82, 2.24) is 20.2 Å². The number of allylic oxidation sites excluding steroid dienone is 1. The van der Waals surface area contributed by atoms with Gasteiger partial charge in [-0.25, -0.2) is 4.79 Å². The molecule has 0 aliphatic carbocycles. The van der Waals surface area contributed by atoms with E-state index in [0.717, 1.165) is 17.5 Å². The second kappa shape index (κ2) is 10.4. The maximum atomic E-state index is 13.0. The number of hydrogen-bond donors (Lipinski definition) is 1. The van der Waals surface area contributed by atoms with Gasteiger partial charge in [0, 0.05) is 5.70 Å². The molecule has 1 aromatic heterocycles. The van der Waals surface area contributed by atoms with E-state index in [1.54, 1.807) is 11.8 Å². The maximum Gasteiger partial charge on any atom is 0.338 e. The number of esters is 1. The molecule has 0 spiro atoms.